The lowest BCUT2D eigenvalue weighted by Crippen LogP contribution is -2.60. The average Bonchev–Trinajstić information content (AvgIpc) is 3.23. The molecule has 3 heterocycles. The maximum absolute atomic E-state index is 12.9. The second-order valence-electron chi connectivity index (χ2n) is 9.28. The minimum atomic E-state index is -0.0759. The summed E-state index contributed by atoms with van der Waals surface area (Å²) >= 11 is 0. The van der Waals surface area contributed by atoms with Crippen LogP contribution < -0.4 is 0 Å². The van der Waals surface area contributed by atoms with Gasteiger partial charge in [-0.05, 0) is 49.9 Å². The number of esters is 2. The molecule has 0 amide bonds. The van der Waals surface area contributed by atoms with Gasteiger partial charge in [-0.3, -0.25) is 9.59 Å². The van der Waals surface area contributed by atoms with Gasteiger partial charge in [0.25, 0.3) is 0 Å². The zero-order valence-electron chi connectivity index (χ0n) is 15.0. The van der Waals surface area contributed by atoms with Crippen molar-refractivity contribution < 1.29 is 23.8 Å². The molecule has 0 bridgehead atoms. The first-order chi connectivity index (χ1) is 12.0. The molecule has 1 spiro atoms. The summed E-state index contributed by atoms with van der Waals surface area (Å²) in [5.41, 5.74) is -0.109. The fourth-order valence-electron chi connectivity index (χ4n) is 7.08. The number of carbonyl (C=O) groups is 2. The highest BCUT2D eigenvalue weighted by Gasteiger charge is 2.67. The molecule has 0 radical (unpaired) electrons. The molecule has 5 nitrogen and oxygen atoms in total. The Bertz CT molecular complexity index is 597. The number of cyclic esters (lactones) is 2. The van der Waals surface area contributed by atoms with E-state index in [1.807, 2.05) is 0 Å². The Morgan fingerprint density at radius 3 is 2.72 bits per heavy atom. The molecule has 25 heavy (non-hydrogen) atoms. The van der Waals surface area contributed by atoms with E-state index in [0.29, 0.717) is 25.0 Å². The molecule has 2 aliphatic carbocycles. The van der Waals surface area contributed by atoms with Gasteiger partial charge in [-0.1, -0.05) is 13.3 Å². The van der Waals surface area contributed by atoms with E-state index in [-0.39, 0.29) is 40.7 Å². The summed E-state index contributed by atoms with van der Waals surface area (Å²) < 4.78 is 17.0. The molecule has 0 aromatic carbocycles. The number of hydrogen-bond acceptors (Lipinski definition) is 5. The van der Waals surface area contributed by atoms with E-state index in [1.165, 1.54) is 0 Å². The predicted octanol–water partition coefficient (Wildman–Crippen LogP) is 2.71. The normalized spacial score (nSPS) is 52.0. The highest BCUT2D eigenvalue weighted by molar-refractivity contribution is 5.77. The van der Waals surface area contributed by atoms with Gasteiger partial charge < -0.3 is 14.2 Å². The molecule has 0 N–H and O–H groups in total. The number of hydrogen-bond donors (Lipinski definition) is 0. The number of carbonyl (C=O) groups excluding carboxylic acids is 2. The maximum Gasteiger partial charge on any atom is 0.309 e. The van der Waals surface area contributed by atoms with Gasteiger partial charge in [0.1, 0.15) is 6.10 Å². The minimum absolute atomic E-state index is 0.00544. The molecule has 3 aliphatic heterocycles. The van der Waals surface area contributed by atoms with Crippen LogP contribution in [-0.2, 0) is 23.8 Å². The summed E-state index contributed by atoms with van der Waals surface area (Å²) in [6.45, 7) is 4.35. The summed E-state index contributed by atoms with van der Waals surface area (Å²) in [4.78, 5) is 25.2. The van der Waals surface area contributed by atoms with Gasteiger partial charge in [-0.2, -0.15) is 0 Å². The van der Waals surface area contributed by atoms with Crippen LogP contribution in [0, 0.1) is 34.5 Å². The standard InChI is InChI=1S/C20H28O5/c1-19-9-15(12-6-8-23-10-12)25-18(22)13(19)5-7-20-11-24-17(21)14(20)3-2-4-16(19)20/h12-16H,2-11H2,1H3/t12?,13-,14+,15+,16-,19-,20+/m0/s1. The Morgan fingerprint density at radius 1 is 1.04 bits per heavy atom. The van der Waals surface area contributed by atoms with Crippen LogP contribution in [0.25, 0.3) is 0 Å². The predicted molar refractivity (Wildman–Crippen MR) is 88.5 cm³/mol. The first kappa shape index (κ1) is 16.1. The van der Waals surface area contributed by atoms with Crippen molar-refractivity contribution in [3.63, 3.8) is 0 Å². The first-order valence-electron chi connectivity index (χ1n) is 9.99. The molecule has 0 aromatic rings. The van der Waals surface area contributed by atoms with Crippen molar-refractivity contribution in [1.82, 2.24) is 0 Å². The van der Waals surface area contributed by atoms with E-state index in [0.717, 1.165) is 51.6 Å². The number of rotatable bonds is 1. The Labute approximate surface area is 148 Å². The van der Waals surface area contributed by atoms with Crippen molar-refractivity contribution >= 4 is 11.9 Å². The van der Waals surface area contributed by atoms with Crippen LogP contribution in [0.5, 0.6) is 0 Å². The van der Waals surface area contributed by atoms with Gasteiger partial charge in [0, 0.05) is 17.9 Å². The summed E-state index contributed by atoms with van der Waals surface area (Å²) in [6, 6.07) is 0. The van der Waals surface area contributed by atoms with Crippen molar-refractivity contribution in [3.05, 3.63) is 0 Å². The molecule has 5 rings (SSSR count). The van der Waals surface area contributed by atoms with Gasteiger partial charge in [0.05, 0.1) is 25.0 Å². The second-order valence-corrected chi connectivity index (χ2v) is 9.28. The lowest BCUT2D eigenvalue weighted by molar-refractivity contribution is -0.203. The molecule has 2 saturated carbocycles. The smallest absolute Gasteiger partial charge is 0.309 e. The van der Waals surface area contributed by atoms with Crippen molar-refractivity contribution in [2.45, 2.75) is 58.0 Å². The lowest BCUT2D eigenvalue weighted by Gasteiger charge is -2.60. The molecule has 138 valence electrons. The monoisotopic (exact) mass is 348 g/mol. The fourth-order valence-corrected chi connectivity index (χ4v) is 7.08. The summed E-state index contributed by atoms with van der Waals surface area (Å²) in [6.07, 6.45) is 6.80. The Balaban J connectivity index is 1.50. The summed E-state index contributed by atoms with van der Waals surface area (Å²) in [5, 5.41) is 0. The molecule has 0 aromatic heterocycles. The SMILES string of the molecule is C[C@]12C[C@H](C3CCOC3)OC(=O)[C@@H]1CC[C@@]13COC(=O)[C@H]1CCC[C@@H]23. The summed E-state index contributed by atoms with van der Waals surface area (Å²) in [5.74, 6) is 0.757. The Hall–Kier alpha value is -1.10. The zero-order valence-corrected chi connectivity index (χ0v) is 15.0. The third kappa shape index (κ3) is 2.11. The number of fused-ring (bicyclic) bond motifs is 2. The third-order valence-electron chi connectivity index (χ3n) is 8.32. The van der Waals surface area contributed by atoms with E-state index in [4.69, 9.17) is 14.2 Å². The van der Waals surface area contributed by atoms with E-state index in [9.17, 15) is 9.59 Å². The molecule has 5 fully saturated rings. The molecule has 1 unspecified atom stereocenters. The van der Waals surface area contributed by atoms with Crippen LogP contribution in [0.4, 0.5) is 0 Å². The lowest BCUT2D eigenvalue weighted by atomic mass is 9.44. The first-order valence-corrected chi connectivity index (χ1v) is 9.99. The highest BCUT2D eigenvalue weighted by Crippen LogP contribution is 2.66. The highest BCUT2D eigenvalue weighted by atomic mass is 16.6. The van der Waals surface area contributed by atoms with E-state index in [2.05, 4.69) is 6.92 Å². The summed E-state index contributed by atoms with van der Waals surface area (Å²) in [7, 11) is 0. The van der Waals surface area contributed by atoms with Crippen LogP contribution in [-0.4, -0.2) is 37.9 Å². The van der Waals surface area contributed by atoms with E-state index < -0.39 is 0 Å². The molecular weight excluding hydrogens is 320 g/mol. The van der Waals surface area contributed by atoms with Crippen molar-refractivity contribution in [2.24, 2.45) is 34.5 Å². The molecule has 7 atom stereocenters. The van der Waals surface area contributed by atoms with Gasteiger partial charge in [-0.15, -0.1) is 0 Å². The fraction of sp³-hybridized carbons (Fsp3) is 0.900. The van der Waals surface area contributed by atoms with Gasteiger partial charge in [0.15, 0.2) is 0 Å². The molecule has 5 aliphatic rings. The van der Waals surface area contributed by atoms with Gasteiger partial charge in [-0.25, -0.2) is 0 Å². The van der Waals surface area contributed by atoms with Crippen molar-refractivity contribution in [1.29, 1.82) is 0 Å². The van der Waals surface area contributed by atoms with Crippen LogP contribution in [0.15, 0.2) is 0 Å². The molecule has 3 saturated heterocycles. The quantitative estimate of drug-likeness (QED) is 0.682. The second kappa shape index (κ2) is 5.45. The number of ether oxygens (including phenoxy) is 3. The van der Waals surface area contributed by atoms with Gasteiger partial charge in [0.2, 0.25) is 0 Å². The molecular formula is C20H28O5. The van der Waals surface area contributed by atoms with E-state index in [1.54, 1.807) is 0 Å². The largest absolute Gasteiger partial charge is 0.465 e. The average molecular weight is 348 g/mol. The van der Waals surface area contributed by atoms with E-state index >= 15 is 0 Å². The maximum atomic E-state index is 12.9. The van der Waals surface area contributed by atoms with Crippen LogP contribution in [0.2, 0.25) is 0 Å². The van der Waals surface area contributed by atoms with Crippen molar-refractivity contribution in [3.8, 4) is 0 Å². The Kier molecular flexibility index (Phi) is 3.51. The minimum Gasteiger partial charge on any atom is -0.465 e. The van der Waals surface area contributed by atoms with Crippen molar-refractivity contribution in [2.75, 3.05) is 19.8 Å². The van der Waals surface area contributed by atoms with Crippen LogP contribution in [0.1, 0.15) is 51.9 Å². The topological polar surface area (TPSA) is 61.8 Å². The Morgan fingerprint density at radius 2 is 1.92 bits per heavy atom. The van der Waals surface area contributed by atoms with Gasteiger partial charge >= 0.3 is 11.9 Å². The zero-order chi connectivity index (χ0) is 17.2. The molecule has 5 heteroatoms. The van der Waals surface area contributed by atoms with Crippen LogP contribution in [0.3, 0.4) is 0 Å². The van der Waals surface area contributed by atoms with Crippen LogP contribution >= 0.6 is 0 Å². The third-order valence-corrected chi connectivity index (χ3v) is 8.32.